The van der Waals surface area contributed by atoms with Gasteiger partial charge in [0.15, 0.2) is 16.7 Å². The molecule has 0 amide bonds. The van der Waals surface area contributed by atoms with Crippen molar-refractivity contribution in [2.45, 2.75) is 37.7 Å². The number of rotatable bonds is 6. The van der Waals surface area contributed by atoms with Gasteiger partial charge in [-0.05, 0) is 19.4 Å². The molecule has 8 nitrogen and oxygen atoms in total. The van der Waals surface area contributed by atoms with Crippen LogP contribution in [0.4, 0.5) is 0 Å². The lowest BCUT2D eigenvalue weighted by molar-refractivity contribution is 0.174. The third-order valence-corrected chi connectivity index (χ3v) is 5.92. The molecule has 31 heavy (non-hydrogen) atoms. The van der Waals surface area contributed by atoms with E-state index in [1.54, 1.807) is 16.7 Å². The van der Waals surface area contributed by atoms with E-state index >= 15 is 0 Å². The van der Waals surface area contributed by atoms with Gasteiger partial charge in [0.2, 0.25) is 18.5 Å². The lowest BCUT2D eigenvalue weighted by Gasteiger charge is -2.12. The Kier molecular flexibility index (Phi) is 5.11. The lowest BCUT2D eigenvalue weighted by Crippen LogP contribution is -2.23. The molecule has 0 saturated heterocycles. The molecule has 0 atom stereocenters. The number of fused-ring (bicyclic) bond motifs is 2. The summed E-state index contributed by atoms with van der Waals surface area (Å²) in [5.41, 5.74) is 2.55. The van der Waals surface area contributed by atoms with Crippen molar-refractivity contribution in [1.82, 2.24) is 19.7 Å². The van der Waals surface area contributed by atoms with Crippen LogP contribution in [0.25, 0.3) is 22.3 Å². The highest BCUT2D eigenvalue weighted by Crippen LogP contribution is 2.35. The molecule has 3 heterocycles. The zero-order valence-electron chi connectivity index (χ0n) is 17.1. The number of ether oxygens (including phenoxy) is 2. The number of aryl methyl sites for hydroxylation is 1. The minimum atomic E-state index is -0.0986. The molecule has 9 heteroatoms. The maximum absolute atomic E-state index is 13.1. The Balaban J connectivity index is 1.44. The van der Waals surface area contributed by atoms with Gasteiger partial charge in [-0.2, -0.15) is 4.98 Å². The van der Waals surface area contributed by atoms with E-state index in [2.05, 4.69) is 10.1 Å². The Morgan fingerprint density at radius 1 is 1.10 bits per heavy atom. The van der Waals surface area contributed by atoms with Crippen LogP contribution in [0.15, 0.2) is 50.9 Å². The van der Waals surface area contributed by atoms with Crippen molar-refractivity contribution in [1.29, 1.82) is 0 Å². The van der Waals surface area contributed by atoms with Crippen LogP contribution in [0.1, 0.15) is 24.8 Å². The maximum atomic E-state index is 13.1. The summed E-state index contributed by atoms with van der Waals surface area (Å²) in [7, 11) is 0. The Bertz CT molecular complexity index is 1310. The molecule has 0 spiro atoms. The second-order valence-corrected chi connectivity index (χ2v) is 8.18. The predicted molar refractivity (Wildman–Crippen MR) is 116 cm³/mol. The molecule has 4 aromatic rings. The second kappa shape index (κ2) is 8.07. The van der Waals surface area contributed by atoms with E-state index in [9.17, 15) is 4.79 Å². The van der Waals surface area contributed by atoms with Gasteiger partial charge in [0, 0.05) is 18.2 Å². The van der Waals surface area contributed by atoms with E-state index in [-0.39, 0.29) is 12.4 Å². The summed E-state index contributed by atoms with van der Waals surface area (Å²) in [6.07, 6.45) is 0.809. The Morgan fingerprint density at radius 3 is 2.65 bits per heavy atom. The summed E-state index contributed by atoms with van der Waals surface area (Å²) >= 11 is 1.40. The fraction of sp³-hybridized carbons (Fsp3) is 0.273. The fourth-order valence-electron chi connectivity index (χ4n) is 3.38. The van der Waals surface area contributed by atoms with Gasteiger partial charge in [0.05, 0.1) is 16.7 Å². The van der Waals surface area contributed by atoms with Crippen LogP contribution < -0.4 is 15.0 Å². The summed E-state index contributed by atoms with van der Waals surface area (Å²) in [5, 5.41) is 5.20. The van der Waals surface area contributed by atoms with Crippen LogP contribution in [0.5, 0.6) is 11.5 Å². The predicted octanol–water partition coefficient (Wildman–Crippen LogP) is 4.19. The number of hydrogen-bond acceptors (Lipinski definition) is 8. The van der Waals surface area contributed by atoms with Gasteiger partial charge in [0.1, 0.15) is 0 Å². The van der Waals surface area contributed by atoms with Crippen LogP contribution in [0, 0.1) is 6.92 Å². The summed E-state index contributed by atoms with van der Waals surface area (Å²) in [4.78, 5) is 22.3. The van der Waals surface area contributed by atoms with Crippen molar-refractivity contribution in [2.24, 2.45) is 0 Å². The first-order chi connectivity index (χ1) is 15.1. The first-order valence-electron chi connectivity index (χ1n) is 9.99. The van der Waals surface area contributed by atoms with Crippen molar-refractivity contribution in [3.05, 3.63) is 58.2 Å². The summed E-state index contributed by atoms with van der Waals surface area (Å²) in [6, 6.07) is 11.4. The number of aromatic nitrogens is 4. The average molecular weight is 436 g/mol. The topological polar surface area (TPSA) is 92.3 Å². The highest BCUT2D eigenvalue weighted by atomic mass is 32.2. The lowest BCUT2D eigenvalue weighted by atomic mass is 10.1. The fourth-order valence-corrected chi connectivity index (χ4v) is 4.24. The Hall–Kier alpha value is -3.33. The number of thioether (sulfide) groups is 1. The largest absolute Gasteiger partial charge is 0.454 e. The molecule has 0 radical (unpaired) electrons. The molecule has 5 rings (SSSR count). The Morgan fingerprint density at radius 2 is 1.87 bits per heavy atom. The summed E-state index contributed by atoms with van der Waals surface area (Å²) in [6.45, 7) is 4.77. The van der Waals surface area contributed by atoms with Gasteiger partial charge in [-0.1, -0.05) is 53.7 Å². The average Bonchev–Trinajstić information content (AvgIpc) is 3.43. The number of hydrogen-bond donors (Lipinski definition) is 0. The molecule has 2 aromatic carbocycles. The minimum absolute atomic E-state index is 0.0986. The van der Waals surface area contributed by atoms with Crippen LogP contribution >= 0.6 is 11.8 Å². The molecule has 0 unspecified atom stereocenters. The molecule has 0 saturated carbocycles. The molecule has 1 aliphatic rings. The van der Waals surface area contributed by atoms with Crippen molar-refractivity contribution in [2.75, 3.05) is 6.79 Å². The van der Waals surface area contributed by atoms with Crippen molar-refractivity contribution < 1.29 is 14.0 Å². The van der Waals surface area contributed by atoms with E-state index in [1.807, 2.05) is 38.1 Å². The standard InChI is InChI=1S/C22H20N4O4S/c1-3-8-26-21(27)15-9-17-18(29-12-28-17)10-16(15)23-22(26)31-11-19-24-20(25-30-19)14-6-4-13(2)5-7-14/h4-7,9-10H,3,8,11-12H2,1-2H3. The molecule has 158 valence electrons. The van der Waals surface area contributed by atoms with Gasteiger partial charge in [-0.15, -0.1) is 0 Å². The summed E-state index contributed by atoms with van der Waals surface area (Å²) < 4.78 is 17.9. The highest BCUT2D eigenvalue weighted by molar-refractivity contribution is 7.98. The SMILES string of the molecule is CCCn1c(SCc2nc(-c3ccc(C)cc3)no2)nc2cc3c(cc2c1=O)OCO3. The minimum Gasteiger partial charge on any atom is -0.454 e. The third kappa shape index (κ3) is 3.76. The highest BCUT2D eigenvalue weighted by Gasteiger charge is 2.19. The smallest absolute Gasteiger partial charge is 0.262 e. The van der Waals surface area contributed by atoms with Gasteiger partial charge in [-0.3, -0.25) is 9.36 Å². The van der Waals surface area contributed by atoms with Crippen molar-refractivity contribution in [3.63, 3.8) is 0 Å². The van der Waals surface area contributed by atoms with Crippen molar-refractivity contribution >= 4 is 22.7 Å². The van der Waals surface area contributed by atoms with Crippen molar-refractivity contribution in [3.8, 4) is 22.9 Å². The first kappa shape index (κ1) is 19.6. The summed E-state index contributed by atoms with van der Waals surface area (Å²) in [5.74, 6) is 2.60. The first-order valence-corrected chi connectivity index (χ1v) is 11.0. The zero-order valence-corrected chi connectivity index (χ0v) is 17.9. The monoisotopic (exact) mass is 436 g/mol. The molecule has 1 aliphatic heterocycles. The third-order valence-electron chi connectivity index (χ3n) is 4.96. The molecular weight excluding hydrogens is 416 g/mol. The van der Waals surface area contributed by atoms with E-state index in [1.165, 1.54) is 17.3 Å². The van der Waals surface area contributed by atoms with Crippen LogP contribution in [0.3, 0.4) is 0 Å². The quantitative estimate of drug-likeness (QED) is 0.328. The van der Waals surface area contributed by atoms with Crippen LogP contribution in [-0.4, -0.2) is 26.5 Å². The van der Waals surface area contributed by atoms with Gasteiger partial charge in [0.25, 0.3) is 5.56 Å². The number of nitrogens with zero attached hydrogens (tertiary/aromatic N) is 4. The maximum Gasteiger partial charge on any atom is 0.262 e. The van der Waals surface area contributed by atoms with Crippen LogP contribution in [-0.2, 0) is 12.3 Å². The molecule has 0 aliphatic carbocycles. The van der Waals surface area contributed by atoms with E-state index in [0.29, 0.717) is 51.6 Å². The number of benzene rings is 2. The van der Waals surface area contributed by atoms with Gasteiger partial charge >= 0.3 is 0 Å². The second-order valence-electron chi connectivity index (χ2n) is 7.24. The molecule has 0 bridgehead atoms. The van der Waals surface area contributed by atoms with Crippen LogP contribution in [0.2, 0.25) is 0 Å². The van der Waals surface area contributed by atoms with Gasteiger partial charge in [-0.25, -0.2) is 4.98 Å². The zero-order chi connectivity index (χ0) is 21.4. The van der Waals surface area contributed by atoms with E-state index in [0.717, 1.165) is 12.0 Å². The molecular formula is C22H20N4O4S. The molecule has 0 fully saturated rings. The van der Waals surface area contributed by atoms with Gasteiger partial charge < -0.3 is 14.0 Å². The normalized spacial score (nSPS) is 12.6. The molecule has 0 N–H and O–H groups in total. The molecule has 2 aromatic heterocycles. The van der Waals surface area contributed by atoms with E-state index < -0.39 is 0 Å². The Labute approximate surface area is 182 Å². The van der Waals surface area contributed by atoms with E-state index in [4.69, 9.17) is 19.0 Å².